The highest BCUT2D eigenvalue weighted by Crippen LogP contribution is 2.19. The van der Waals surface area contributed by atoms with Crippen molar-refractivity contribution in [2.75, 3.05) is 11.9 Å². The molecule has 0 saturated heterocycles. The van der Waals surface area contributed by atoms with Crippen LogP contribution in [0.1, 0.15) is 0 Å². The lowest BCUT2D eigenvalue weighted by atomic mass is 10.3. The summed E-state index contributed by atoms with van der Waals surface area (Å²) in [5, 5.41) is 2.92. The molecule has 0 aliphatic heterocycles. The summed E-state index contributed by atoms with van der Waals surface area (Å²) >= 11 is 5.79. The van der Waals surface area contributed by atoms with Crippen LogP contribution in [0.2, 0.25) is 5.02 Å². The van der Waals surface area contributed by atoms with Crippen molar-refractivity contribution in [2.24, 2.45) is 0 Å². The van der Waals surface area contributed by atoms with Gasteiger partial charge < -0.3 is 4.74 Å². The molecule has 0 heterocycles. The fourth-order valence-electron chi connectivity index (χ4n) is 0.788. The number of halogens is 1. The highest BCUT2D eigenvalue weighted by atomic mass is 35.5. The molecule has 0 spiro atoms. The van der Waals surface area contributed by atoms with E-state index in [0.717, 1.165) is 0 Å². The summed E-state index contributed by atoms with van der Waals surface area (Å²) in [6.07, 6.45) is 0.921. The van der Waals surface area contributed by atoms with Gasteiger partial charge in [-0.05, 0) is 18.2 Å². The van der Waals surface area contributed by atoms with E-state index in [0.29, 0.717) is 10.7 Å². The predicted molar refractivity (Wildman–Crippen MR) is 55.5 cm³/mol. The lowest BCUT2D eigenvalue weighted by Crippen LogP contribution is -2.13. The minimum Gasteiger partial charge on any atom is -0.445 e. The van der Waals surface area contributed by atoms with E-state index in [9.17, 15) is 4.79 Å². The van der Waals surface area contributed by atoms with E-state index in [1.165, 1.54) is 6.08 Å². The molecule has 0 atom stereocenters. The van der Waals surface area contributed by atoms with Gasteiger partial charge in [-0.1, -0.05) is 30.3 Å². The van der Waals surface area contributed by atoms with Crippen molar-refractivity contribution in [2.45, 2.75) is 0 Å². The second kappa shape index (κ2) is 5.29. The van der Waals surface area contributed by atoms with Crippen molar-refractivity contribution in [3.63, 3.8) is 0 Å². The van der Waals surface area contributed by atoms with Gasteiger partial charge in [-0.2, -0.15) is 0 Å². The molecule has 0 aliphatic rings. The number of carbonyl (C=O) groups excluding carboxylic acids is 1. The van der Waals surface area contributed by atoms with Gasteiger partial charge in [0.05, 0.1) is 10.7 Å². The number of benzene rings is 1. The smallest absolute Gasteiger partial charge is 0.411 e. The second-order valence-electron chi connectivity index (χ2n) is 2.42. The van der Waals surface area contributed by atoms with Gasteiger partial charge in [0.15, 0.2) is 0 Å². The van der Waals surface area contributed by atoms with Gasteiger partial charge in [0.25, 0.3) is 0 Å². The average molecular weight is 211 g/mol. The third kappa shape index (κ3) is 3.11. The van der Waals surface area contributed by atoms with Gasteiger partial charge in [0, 0.05) is 0 Å². The predicted octanol–water partition coefficient (Wildman–Crippen LogP) is 2.87. The second-order valence-corrected chi connectivity index (χ2v) is 2.83. The van der Waals surface area contributed by atoms with E-state index in [4.69, 9.17) is 16.3 Å². The van der Waals surface area contributed by atoms with Gasteiger partial charge in [0.2, 0.25) is 0 Å². The molecule has 1 amide bonds. The number of ether oxygens (including phenoxy) is 1. The minimum absolute atomic E-state index is 0.167. The summed E-state index contributed by atoms with van der Waals surface area (Å²) in [5.74, 6) is 0. The lowest BCUT2D eigenvalue weighted by Gasteiger charge is -2.05. The number of anilines is 1. The zero-order chi connectivity index (χ0) is 10.4. The van der Waals surface area contributed by atoms with E-state index < -0.39 is 6.09 Å². The highest BCUT2D eigenvalue weighted by Gasteiger charge is 2.04. The Balaban J connectivity index is 2.56. The average Bonchev–Trinajstić information content (AvgIpc) is 2.18. The topological polar surface area (TPSA) is 38.3 Å². The lowest BCUT2D eigenvalue weighted by molar-refractivity contribution is 0.174. The van der Waals surface area contributed by atoms with Crippen LogP contribution in [0.25, 0.3) is 0 Å². The largest absolute Gasteiger partial charge is 0.445 e. The maximum atomic E-state index is 11.1. The van der Waals surface area contributed by atoms with E-state index >= 15 is 0 Å². The number of rotatable bonds is 3. The Bertz CT molecular complexity index is 339. The van der Waals surface area contributed by atoms with Crippen molar-refractivity contribution in [1.82, 2.24) is 0 Å². The first-order valence-electron chi connectivity index (χ1n) is 3.94. The van der Waals surface area contributed by atoms with Gasteiger partial charge >= 0.3 is 6.09 Å². The molecule has 4 heteroatoms. The summed E-state index contributed by atoms with van der Waals surface area (Å²) in [7, 11) is 0. The van der Waals surface area contributed by atoms with Crippen LogP contribution in [0.15, 0.2) is 30.9 Å². The van der Waals surface area contributed by atoms with Crippen LogP contribution in [0.3, 0.4) is 0 Å². The Morgan fingerprint density at radius 3 is 3.21 bits per heavy atom. The van der Waals surface area contributed by atoms with Crippen LogP contribution in [-0.4, -0.2) is 12.7 Å². The molecule has 1 N–H and O–H groups in total. The maximum Gasteiger partial charge on any atom is 0.411 e. The molecule has 0 unspecified atom stereocenters. The van der Waals surface area contributed by atoms with Crippen LogP contribution < -0.4 is 5.32 Å². The number of hydrogen-bond donors (Lipinski definition) is 1. The quantitative estimate of drug-likeness (QED) is 0.780. The first-order valence-corrected chi connectivity index (χ1v) is 4.32. The van der Waals surface area contributed by atoms with E-state index in [2.05, 4.69) is 18.0 Å². The summed E-state index contributed by atoms with van der Waals surface area (Å²) in [4.78, 5) is 11.1. The molecule has 14 heavy (non-hydrogen) atoms. The SMILES string of the molecule is C=CCOC(=O)Nc1c[c]ccc1Cl. The van der Waals surface area contributed by atoms with Crippen molar-refractivity contribution in [3.8, 4) is 0 Å². The summed E-state index contributed by atoms with van der Waals surface area (Å²) in [6.45, 7) is 3.59. The maximum absolute atomic E-state index is 11.1. The number of amides is 1. The molecule has 1 aromatic carbocycles. The summed E-state index contributed by atoms with van der Waals surface area (Å²) in [6, 6.07) is 7.64. The first kappa shape index (κ1) is 10.6. The molecular formula is C10H9ClNO2. The monoisotopic (exact) mass is 210 g/mol. The van der Waals surface area contributed by atoms with Crippen molar-refractivity contribution in [3.05, 3.63) is 41.9 Å². The third-order valence-corrected chi connectivity index (χ3v) is 1.71. The Hall–Kier alpha value is -1.48. The normalized spacial score (nSPS) is 9.21. The molecular weight excluding hydrogens is 202 g/mol. The van der Waals surface area contributed by atoms with Crippen molar-refractivity contribution < 1.29 is 9.53 Å². The van der Waals surface area contributed by atoms with E-state index in [1.54, 1.807) is 18.2 Å². The molecule has 0 aromatic heterocycles. The van der Waals surface area contributed by atoms with Gasteiger partial charge in [-0.15, -0.1) is 0 Å². The third-order valence-electron chi connectivity index (χ3n) is 1.38. The summed E-state index contributed by atoms with van der Waals surface area (Å²) in [5.41, 5.74) is 0.475. The molecule has 0 bridgehead atoms. The van der Waals surface area contributed by atoms with Crippen molar-refractivity contribution >= 4 is 23.4 Å². The van der Waals surface area contributed by atoms with E-state index in [1.807, 2.05) is 0 Å². The zero-order valence-corrected chi connectivity index (χ0v) is 8.17. The van der Waals surface area contributed by atoms with Gasteiger partial charge in [0.1, 0.15) is 6.61 Å². The van der Waals surface area contributed by atoms with Crippen LogP contribution in [0.5, 0.6) is 0 Å². The fraction of sp³-hybridized carbons (Fsp3) is 0.100. The molecule has 1 rings (SSSR count). The van der Waals surface area contributed by atoms with Crippen LogP contribution in [-0.2, 0) is 4.74 Å². The fourth-order valence-corrected chi connectivity index (χ4v) is 0.953. The first-order chi connectivity index (χ1) is 6.74. The molecule has 1 aromatic rings. The molecule has 73 valence electrons. The standard InChI is InChI=1S/C10H9ClNO2/c1-2-7-14-10(13)12-9-6-4-3-5-8(9)11/h2-3,5-6H,1,7H2,(H,12,13). The summed E-state index contributed by atoms with van der Waals surface area (Å²) < 4.78 is 4.71. The van der Waals surface area contributed by atoms with Gasteiger partial charge in [-0.3, -0.25) is 5.32 Å². The highest BCUT2D eigenvalue weighted by molar-refractivity contribution is 6.33. The molecule has 1 radical (unpaired) electrons. The molecule has 0 saturated carbocycles. The zero-order valence-electron chi connectivity index (χ0n) is 7.42. The minimum atomic E-state index is -0.564. The van der Waals surface area contributed by atoms with Crippen LogP contribution in [0.4, 0.5) is 10.5 Å². The van der Waals surface area contributed by atoms with E-state index in [-0.39, 0.29) is 6.61 Å². The number of nitrogens with one attached hydrogen (secondary N) is 1. The van der Waals surface area contributed by atoms with Crippen molar-refractivity contribution in [1.29, 1.82) is 0 Å². The Morgan fingerprint density at radius 2 is 2.57 bits per heavy atom. The van der Waals surface area contributed by atoms with Gasteiger partial charge in [-0.25, -0.2) is 4.79 Å². The Morgan fingerprint density at radius 1 is 1.79 bits per heavy atom. The number of hydrogen-bond acceptors (Lipinski definition) is 2. The Kier molecular flexibility index (Phi) is 4.01. The molecule has 0 fully saturated rings. The molecule has 0 aliphatic carbocycles. The number of carbonyl (C=O) groups is 1. The molecule has 3 nitrogen and oxygen atoms in total. The Labute approximate surface area is 87.3 Å². The van der Waals surface area contributed by atoms with Crippen LogP contribution in [0, 0.1) is 6.07 Å². The van der Waals surface area contributed by atoms with Crippen LogP contribution >= 0.6 is 11.6 Å².